The predicted octanol–water partition coefficient (Wildman–Crippen LogP) is 9.61. The first kappa shape index (κ1) is 28.3. The maximum Gasteiger partial charge on any atom is 0.108 e. The molecule has 2 aromatic heterocycles. The fourth-order valence-corrected chi connectivity index (χ4v) is 6.28. The van der Waals surface area contributed by atoms with Gasteiger partial charge in [-0.05, 0) is 41.5 Å². The van der Waals surface area contributed by atoms with Gasteiger partial charge in [-0.3, -0.25) is 0 Å². The Balaban J connectivity index is 1.42. The second kappa shape index (κ2) is 11.6. The minimum atomic E-state index is 0.411. The van der Waals surface area contributed by atoms with Crippen LogP contribution in [-0.4, -0.2) is 15.0 Å². The van der Waals surface area contributed by atoms with E-state index in [1.807, 2.05) is 115 Å². The van der Waals surface area contributed by atoms with E-state index in [1.165, 1.54) is 0 Å². The molecule has 0 atom stereocenters. The Morgan fingerprint density at radius 1 is 0.396 bits per heavy atom. The summed E-state index contributed by atoms with van der Waals surface area (Å²) >= 11 is 0. The summed E-state index contributed by atoms with van der Waals surface area (Å²) in [6.45, 7) is 0. The number of nitrogens with zero attached hydrogens (tertiary/aromatic N) is 6. The molecule has 0 spiro atoms. The van der Waals surface area contributed by atoms with Crippen LogP contribution in [0.5, 0.6) is 0 Å². The van der Waals surface area contributed by atoms with Gasteiger partial charge in [0.2, 0.25) is 0 Å². The molecule has 220 valence electrons. The zero-order chi connectivity index (χ0) is 32.6. The second-order valence-corrected chi connectivity index (χ2v) is 11.4. The highest BCUT2D eigenvalue weighted by molar-refractivity contribution is 6.22. The second-order valence-electron chi connectivity index (χ2n) is 11.4. The molecule has 0 N–H and O–H groups in total. The van der Waals surface area contributed by atoms with Crippen molar-refractivity contribution in [1.82, 2.24) is 15.0 Å². The molecule has 6 nitrogen and oxygen atoms in total. The molecule has 0 radical (unpaired) electrons. The standard InChI is InChI=1S/C42H22N6/c43-23-26-19-27(24-44)21-32(20-26)28-15-17-31(18-16-28)38-35-22-33(25-45)41-42(37(35)34-13-7-8-14-36(34)46-38)48-40(30-11-5-2-6-12-30)39(47-41)29-9-3-1-4-10-29/h1-22H. The van der Waals surface area contributed by atoms with Gasteiger partial charge in [0, 0.05) is 32.8 Å². The SMILES string of the molecule is N#Cc1cc(C#N)cc(-c2ccc(-c3nc4ccccc4c4c3cc(C#N)c3nc(-c5ccccc5)c(-c5ccccc5)nc34)cc2)c1. The van der Waals surface area contributed by atoms with E-state index < -0.39 is 0 Å². The van der Waals surface area contributed by atoms with Crippen LogP contribution >= 0.6 is 0 Å². The van der Waals surface area contributed by atoms with E-state index in [4.69, 9.17) is 15.0 Å². The Kier molecular flexibility index (Phi) is 6.85. The predicted molar refractivity (Wildman–Crippen MR) is 188 cm³/mol. The van der Waals surface area contributed by atoms with Crippen LogP contribution in [0.15, 0.2) is 133 Å². The molecule has 48 heavy (non-hydrogen) atoms. The summed E-state index contributed by atoms with van der Waals surface area (Å²) in [6, 6.07) is 49.4. The van der Waals surface area contributed by atoms with Crippen LogP contribution in [0.2, 0.25) is 0 Å². The number of fused-ring (bicyclic) bond motifs is 5. The third-order valence-corrected chi connectivity index (χ3v) is 8.50. The van der Waals surface area contributed by atoms with Crippen molar-refractivity contribution < 1.29 is 0 Å². The lowest BCUT2D eigenvalue weighted by atomic mass is 9.94. The van der Waals surface area contributed by atoms with E-state index in [9.17, 15) is 15.8 Å². The highest BCUT2D eigenvalue weighted by Gasteiger charge is 2.21. The van der Waals surface area contributed by atoms with Crippen LogP contribution in [-0.2, 0) is 0 Å². The summed E-state index contributed by atoms with van der Waals surface area (Å²) in [5.41, 5.74) is 9.73. The number of hydrogen-bond donors (Lipinski definition) is 0. The maximum absolute atomic E-state index is 10.5. The summed E-state index contributed by atoms with van der Waals surface area (Å²) in [6.07, 6.45) is 0. The molecule has 0 unspecified atom stereocenters. The van der Waals surface area contributed by atoms with Crippen LogP contribution in [0, 0.1) is 34.0 Å². The Labute approximate surface area is 276 Å². The number of rotatable bonds is 4. The molecule has 0 aliphatic rings. The van der Waals surface area contributed by atoms with Crippen LogP contribution in [0.3, 0.4) is 0 Å². The molecule has 6 aromatic carbocycles. The lowest BCUT2D eigenvalue weighted by Crippen LogP contribution is -2.00. The lowest BCUT2D eigenvalue weighted by Gasteiger charge is -2.16. The Morgan fingerprint density at radius 3 is 1.54 bits per heavy atom. The summed E-state index contributed by atoms with van der Waals surface area (Å²) in [5, 5.41) is 32.0. The van der Waals surface area contributed by atoms with E-state index in [1.54, 1.807) is 18.2 Å². The van der Waals surface area contributed by atoms with Crippen molar-refractivity contribution in [2.75, 3.05) is 0 Å². The quantitative estimate of drug-likeness (QED) is 0.184. The van der Waals surface area contributed by atoms with E-state index >= 15 is 0 Å². The molecule has 6 heteroatoms. The Hall–Kier alpha value is -7.20. The first-order chi connectivity index (χ1) is 23.6. The fraction of sp³-hybridized carbons (Fsp3) is 0. The largest absolute Gasteiger partial charge is 0.247 e. The summed E-state index contributed by atoms with van der Waals surface area (Å²) in [4.78, 5) is 15.6. The summed E-state index contributed by atoms with van der Waals surface area (Å²) in [5.74, 6) is 0. The fourth-order valence-electron chi connectivity index (χ4n) is 6.28. The van der Waals surface area contributed by atoms with Crippen molar-refractivity contribution in [2.45, 2.75) is 0 Å². The van der Waals surface area contributed by atoms with Crippen molar-refractivity contribution in [3.63, 3.8) is 0 Å². The van der Waals surface area contributed by atoms with Gasteiger partial charge in [-0.2, -0.15) is 15.8 Å². The molecule has 8 rings (SSSR count). The first-order valence-corrected chi connectivity index (χ1v) is 15.3. The van der Waals surface area contributed by atoms with Gasteiger partial charge in [-0.15, -0.1) is 0 Å². The number of para-hydroxylation sites is 1. The van der Waals surface area contributed by atoms with Gasteiger partial charge < -0.3 is 0 Å². The normalized spacial score (nSPS) is 10.9. The van der Waals surface area contributed by atoms with Gasteiger partial charge >= 0.3 is 0 Å². The van der Waals surface area contributed by atoms with E-state index in [-0.39, 0.29) is 0 Å². The lowest BCUT2D eigenvalue weighted by molar-refractivity contribution is 1.29. The minimum absolute atomic E-state index is 0.411. The molecule has 0 saturated carbocycles. The first-order valence-electron chi connectivity index (χ1n) is 15.3. The average Bonchev–Trinajstić information content (AvgIpc) is 3.17. The van der Waals surface area contributed by atoms with Crippen LogP contribution in [0.1, 0.15) is 16.7 Å². The van der Waals surface area contributed by atoms with Crippen molar-refractivity contribution in [1.29, 1.82) is 15.8 Å². The Bertz CT molecular complexity index is 2650. The molecule has 0 aliphatic carbocycles. The third-order valence-electron chi connectivity index (χ3n) is 8.50. The smallest absolute Gasteiger partial charge is 0.108 e. The van der Waals surface area contributed by atoms with Crippen molar-refractivity contribution >= 4 is 32.7 Å². The van der Waals surface area contributed by atoms with Gasteiger partial charge in [-0.25, -0.2) is 15.0 Å². The molecular formula is C42H22N6. The highest BCUT2D eigenvalue weighted by Crippen LogP contribution is 2.40. The van der Waals surface area contributed by atoms with Crippen molar-refractivity contribution in [3.05, 3.63) is 150 Å². The van der Waals surface area contributed by atoms with Gasteiger partial charge in [0.15, 0.2) is 0 Å². The number of aromatic nitrogens is 3. The van der Waals surface area contributed by atoms with E-state index in [0.29, 0.717) is 39.1 Å². The Morgan fingerprint density at radius 2 is 0.938 bits per heavy atom. The van der Waals surface area contributed by atoms with Crippen LogP contribution in [0.25, 0.3) is 77.6 Å². The number of hydrogen-bond acceptors (Lipinski definition) is 6. The summed E-state index contributed by atoms with van der Waals surface area (Å²) < 4.78 is 0. The third kappa shape index (κ3) is 4.77. The molecule has 8 aromatic rings. The monoisotopic (exact) mass is 610 g/mol. The van der Waals surface area contributed by atoms with Gasteiger partial charge in [-0.1, -0.05) is 103 Å². The average molecular weight is 611 g/mol. The van der Waals surface area contributed by atoms with E-state index in [2.05, 4.69) is 18.2 Å². The number of nitriles is 3. The molecule has 0 amide bonds. The minimum Gasteiger partial charge on any atom is -0.247 e. The molecule has 2 heterocycles. The maximum atomic E-state index is 10.5. The summed E-state index contributed by atoms with van der Waals surface area (Å²) in [7, 11) is 0. The van der Waals surface area contributed by atoms with Gasteiger partial charge in [0.1, 0.15) is 11.6 Å². The van der Waals surface area contributed by atoms with Gasteiger partial charge in [0.25, 0.3) is 0 Å². The van der Waals surface area contributed by atoms with Gasteiger partial charge in [0.05, 0.1) is 56.9 Å². The molecule has 0 aliphatic heterocycles. The number of pyridine rings is 1. The molecule has 0 fully saturated rings. The molecule has 0 bridgehead atoms. The van der Waals surface area contributed by atoms with Crippen molar-refractivity contribution in [3.8, 4) is 63.1 Å². The highest BCUT2D eigenvalue weighted by atomic mass is 14.8. The van der Waals surface area contributed by atoms with Crippen LogP contribution in [0.4, 0.5) is 0 Å². The number of benzene rings is 6. The van der Waals surface area contributed by atoms with Crippen molar-refractivity contribution in [2.24, 2.45) is 0 Å². The zero-order valence-corrected chi connectivity index (χ0v) is 25.4. The molecule has 0 saturated heterocycles. The van der Waals surface area contributed by atoms with Crippen LogP contribution < -0.4 is 0 Å². The zero-order valence-electron chi connectivity index (χ0n) is 25.4. The van der Waals surface area contributed by atoms with E-state index in [0.717, 1.165) is 55.2 Å². The topological polar surface area (TPSA) is 110 Å². The molecular weight excluding hydrogens is 589 g/mol.